The van der Waals surface area contributed by atoms with E-state index < -0.39 is 5.60 Å². The summed E-state index contributed by atoms with van der Waals surface area (Å²) in [6, 6.07) is 0.211. The molecular formula is C19H40N4O2. The van der Waals surface area contributed by atoms with E-state index in [1.807, 2.05) is 34.6 Å². The zero-order valence-electron chi connectivity index (χ0n) is 17.6. The Morgan fingerprint density at radius 2 is 1.76 bits per heavy atom. The Balaban J connectivity index is 2.64. The van der Waals surface area contributed by atoms with Crippen LogP contribution in [0.2, 0.25) is 0 Å². The third-order valence-electron chi connectivity index (χ3n) is 5.26. The van der Waals surface area contributed by atoms with Gasteiger partial charge in [0.25, 0.3) is 0 Å². The van der Waals surface area contributed by atoms with Crippen LogP contribution in [-0.4, -0.2) is 72.8 Å². The molecule has 1 amide bonds. The molecule has 1 aliphatic rings. The highest BCUT2D eigenvalue weighted by Crippen LogP contribution is 2.37. The number of nitrogens with zero attached hydrogens (tertiary/aromatic N) is 2. The summed E-state index contributed by atoms with van der Waals surface area (Å²) in [6.45, 7) is 11.2. The maximum atomic E-state index is 12.1. The molecule has 25 heavy (non-hydrogen) atoms. The summed E-state index contributed by atoms with van der Waals surface area (Å²) in [5.41, 5.74) is 5.46. The lowest BCUT2D eigenvalue weighted by Crippen LogP contribution is -2.60. The Morgan fingerprint density at radius 3 is 2.12 bits per heavy atom. The Morgan fingerprint density at radius 1 is 1.20 bits per heavy atom. The molecule has 0 aliphatic heterocycles. The van der Waals surface area contributed by atoms with Gasteiger partial charge in [0.15, 0.2) is 0 Å². The van der Waals surface area contributed by atoms with Crippen molar-refractivity contribution < 1.29 is 9.53 Å². The minimum absolute atomic E-state index is 0.211. The molecule has 6 heteroatoms. The van der Waals surface area contributed by atoms with Gasteiger partial charge >= 0.3 is 6.09 Å². The van der Waals surface area contributed by atoms with Gasteiger partial charge in [-0.3, -0.25) is 0 Å². The van der Waals surface area contributed by atoms with Crippen molar-refractivity contribution in [1.82, 2.24) is 15.1 Å². The highest BCUT2D eigenvalue weighted by Gasteiger charge is 2.41. The number of ether oxygens (including phenoxy) is 1. The van der Waals surface area contributed by atoms with Gasteiger partial charge < -0.3 is 25.6 Å². The number of hydrogen-bond donors (Lipinski definition) is 2. The van der Waals surface area contributed by atoms with Crippen LogP contribution in [0.4, 0.5) is 4.79 Å². The van der Waals surface area contributed by atoms with Gasteiger partial charge in [0.1, 0.15) is 5.60 Å². The Bertz CT molecular complexity index is 439. The van der Waals surface area contributed by atoms with E-state index >= 15 is 0 Å². The number of amides is 1. The predicted molar refractivity (Wildman–Crippen MR) is 104 cm³/mol. The average molecular weight is 357 g/mol. The number of rotatable bonds is 8. The van der Waals surface area contributed by atoms with Gasteiger partial charge in [0.2, 0.25) is 0 Å². The number of carbonyl (C=O) groups excluding carboxylic acids is 1. The summed E-state index contributed by atoms with van der Waals surface area (Å²) in [4.78, 5) is 16.8. The molecule has 0 aromatic rings. The topological polar surface area (TPSA) is 70.8 Å². The molecule has 1 rings (SSSR count). The van der Waals surface area contributed by atoms with E-state index in [0.29, 0.717) is 6.54 Å². The molecule has 1 aliphatic carbocycles. The second-order valence-corrected chi connectivity index (χ2v) is 9.49. The summed E-state index contributed by atoms with van der Waals surface area (Å²) in [5, 5.41) is 2.99. The van der Waals surface area contributed by atoms with Gasteiger partial charge in [0, 0.05) is 30.2 Å². The molecular weight excluding hydrogens is 316 g/mol. The van der Waals surface area contributed by atoms with Crippen molar-refractivity contribution >= 4 is 6.09 Å². The van der Waals surface area contributed by atoms with E-state index in [9.17, 15) is 4.79 Å². The lowest BCUT2D eigenvalue weighted by atomic mass is 9.75. The summed E-state index contributed by atoms with van der Waals surface area (Å²) in [5.74, 6) is 0. The number of likely N-dealkylation sites (N-methyl/N-ethyl adjacent to an activating group) is 2. The summed E-state index contributed by atoms with van der Waals surface area (Å²) in [6.07, 6.45) is 4.18. The van der Waals surface area contributed by atoms with Gasteiger partial charge in [-0.05, 0) is 81.4 Å². The second-order valence-electron chi connectivity index (χ2n) is 9.49. The quantitative estimate of drug-likeness (QED) is 0.699. The van der Waals surface area contributed by atoms with E-state index in [0.717, 1.165) is 13.0 Å². The van der Waals surface area contributed by atoms with Crippen LogP contribution in [0.1, 0.15) is 60.3 Å². The number of carbonyl (C=O) groups is 1. The minimum atomic E-state index is -0.494. The van der Waals surface area contributed by atoms with Crippen molar-refractivity contribution in [3.8, 4) is 0 Å². The van der Waals surface area contributed by atoms with Crippen LogP contribution in [0.15, 0.2) is 0 Å². The lowest BCUT2D eigenvalue weighted by molar-refractivity contribution is 0.0117. The van der Waals surface area contributed by atoms with Crippen molar-refractivity contribution in [3.63, 3.8) is 0 Å². The first-order valence-corrected chi connectivity index (χ1v) is 9.39. The summed E-state index contributed by atoms with van der Waals surface area (Å²) in [7, 11) is 6.47. The van der Waals surface area contributed by atoms with E-state index in [4.69, 9.17) is 10.5 Å². The number of nitrogens with one attached hydrogen (secondary N) is 1. The van der Waals surface area contributed by atoms with E-state index in [1.54, 1.807) is 0 Å². The number of nitrogens with two attached hydrogens (primary N) is 1. The number of alkyl carbamates (subject to hydrolysis) is 1. The largest absolute Gasteiger partial charge is 0.444 e. The lowest BCUT2D eigenvalue weighted by Gasteiger charge is -2.50. The SMILES string of the molecule is CN(CC1(N(C)C)CCC1)C(CN)CC(C)(C)NC(=O)OC(C)(C)C. The highest BCUT2D eigenvalue weighted by atomic mass is 16.6. The Kier molecular flexibility index (Phi) is 7.31. The van der Waals surface area contributed by atoms with Crippen LogP contribution in [0.3, 0.4) is 0 Å². The van der Waals surface area contributed by atoms with E-state index in [2.05, 4.69) is 36.3 Å². The van der Waals surface area contributed by atoms with Crippen LogP contribution in [0, 0.1) is 0 Å². The van der Waals surface area contributed by atoms with Gasteiger partial charge in [-0.1, -0.05) is 0 Å². The first kappa shape index (κ1) is 22.2. The van der Waals surface area contributed by atoms with Crippen LogP contribution in [0.25, 0.3) is 0 Å². The van der Waals surface area contributed by atoms with Gasteiger partial charge in [-0.2, -0.15) is 0 Å². The summed E-state index contributed by atoms with van der Waals surface area (Å²) >= 11 is 0. The maximum absolute atomic E-state index is 12.1. The van der Waals surface area contributed by atoms with Crippen molar-refractivity contribution in [1.29, 1.82) is 0 Å². The van der Waals surface area contributed by atoms with Gasteiger partial charge in [0.05, 0.1) is 0 Å². The molecule has 0 heterocycles. The van der Waals surface area contributed by atoms with Crippen LogP contribution >= 0.6 is 0 Å². The standard InChI is InChI=1S/C19H40N4O2/c1-17(2,3)25-16(24)21-18(4,5)12-15(13-20)23(8)14-19(22(6)7)10-9-11-19/h15H,9-14,20H2,1-8H3,(H,21,24). The first-order valence-electron chi connectivity index (χ1n) is 9.39. The molecule has 0 aromatic heterocycles. The molecule has 1 unspecified atom stereocenters. The van der Waals surface area contributed by atoms with E-state index in [-0.39, 0.29) is 23.2 Å². The molecule has 0 spiro atoms. The normalized spacial score (nSPS) is 18.8. The molecule has 148 valence electrons. The summed E-state index contributed by atoms with van der Waals surface area (Å²) < 4.78 is 5.39. The second kappa shape index (κ2) is 8.23. The fraction of sp³-hybridized carbons (Fsp3) is 0.947. The van der Waals surface area contributed by atoms with Crippen LogP contribution < -0.4 is 11.1 Å². The molecule has 1 atom stereocenters. The third-order valence-corrected chi connectivity index (χ3v) is 5.26. The van der Waals surface area contributed by atoms with Crippen molar-refractivity contribution in [2.75, 3.05) is 34.2 Å². The molecule has 0 bridgehead atoms. The molecule has 1 saturated carbocycles. The molecule has 0 saturated heterocycles. The van der Waals surface area contributed by atoms with Crippen LogP contribution in [0.5, 0.6) is 0 Å². The predicted octanol–water partition coefficient (Wildman–Crippen LogP) is 2.42. The smallest absolute Gasteiger partial charge is 0.408 e. The molecule has 0 aromatic carbocycles. The number of hydrogen-bond acceptors (Lipinski definition) is 5. The molecule has 6 nitrogen and oxygen atoms in total. The highest BCUT2D eigenvalue weighted by molar-refractivity contribution is 5.68. The fourth-order valence-corrected chi connectivity index (χ4v) is 3.56. The Labute approximate surface area is 154 Å². The van der Waals surface area contributed by atoms with Gasteiger partial charge in [-0.25, -0.2) is 4.79 Å². The van der Waals surface area contributed by atoms with Crippen LogP contribution in [-0.2, 0) is 4.74 Å². The zero-order chi connectivity index (χ0) is 19.5. The van der Waals surface area contributed by atoms with E-state index in [1.165, 1.54) is 19.3 Å². The fourth-order valence-electron chi connectivity index (χ4n) is 3.56. The minimum Gasteiger partial charge on any atom is -0.444 e. The molecule has 1 fully saturated rings. The first-order chi connectivity index (χ1) is 11.3. The monoisotopic (exact) mass is 356 g/mol. The van der Waals surface area contributed by atoms with Crippen molar-refractivity contribution in [2.24, 2.45) is 5.73 Å². The zero-order valence-corrected chi connectivity index (χ0v) is 17.6. The maximum Gasteiger partial charge on any atom is 0.408 e. The van der Waals surface area contributed by atoms with Crippen molar-refractivity contribution in [2.45, 2.75) is 83.0 Å². The average Bonchev–Trinajstić information content (AvgIpc) is 2.36. The molecule has 0 radical (unpaired) electrons. The van der Waals surface area contributed by atoms with Crippen molar-refractivity contribution in [3.05, 3.63) is 0 Å². The van der Waals surface area contributed by atoms with Gasteiger partial charge in [-0.15, -0.1) is 0 Å². The Hall–Kier alpha value is -0.850. The third kappa shape index (κ3) is 6.76. The molecule has 3 N–H and O–H groups in total.